The third-order valence-corrected chi connectivity index (χ3v) is 2.08. The first-order valence-corrected chi connectivity index (χ1v) is 4.31. The Bertz CT molecular complexity index is 318. The maximum atomic E-state index is 5.78. The first-order valence-electron chi connectivity index (χ1n) is 4.31. The molecule has 3 nitrogen and oxygen atoms in total. The summed E-state index contributed by atoms with van der Waals surface area (Å²) in [4.78, 5) is 0. The average molecular weight is 175 g/mol. The summed E-state index contributed by atoms with van der Waals surface area (Å²) >= 11 is 0. The zero-order valence-corrected chi connectivity index (χ0v) is 7.64. The average Bonchev–Trinajstić information content (AvgIpc) is 2.47. The highest BCUT2D eigenvalue weighted by molar-refractivity contribution is 5.47. The predicted molar refractivity (Wildman–Crippen MR) is 53.6 cm³/mol. The molecule has 0 aliphatic carbocycles. The van der Waals surface area contributed by atoms with Crippen LogP contribution in [0, 0.1) is 0 Å². The summed E-state index contributed by atoms with van der Waals surface area (Å²) in [7, 11) is 0. The van der Waals surface area contributed by atoms with E-state index in [0.717, 1.165) is 12.2 Å². The summed E-state index contributed by atoms with van der Waals surface area (Å²) in [6, 6.07) is 10.1. The Hall–Kier alpha value is -1.48. The van der Waals surface area contributed by atoms with E-state index in [-0.39, 0.29) is 0 Å². The van der Waals surface area contributed by atoms with Crippen LogP contribution in [-0.4, -0.2) is 11.7 Å². The molecule has 0 aromatic heterocycles. The molecule has 1 aliphatic heterocycles. The summed E-state index contributed by atoms with van der Waals surface area (Å²) in [6.07, 6.45) is 1.94. The van der Waals surface area contributed by atoms with Crippen LogP contribution in [0.25, 0.3) is 0 Å². The largest absolute Gasteiger partial charge is 0.268 e. The van der Waals surface area contributed by atoms with Crippen LogP contribution in [0.5, 0.6) is 0 Å². The van der Waals surface area contributed by atoms with Gasteiger partial charge in [0.2, 0.25) is 0 Å². The van der Waals surface area contributed by atoms with Crippen molar-refractivity contribution in [3.63, 3.8) is 0 Å². The fraction of sp³-hybridized carbons (Fsp3) is 0.200. The number of hydrogen-bond acceptors (Lipinski definition) is 3. The van der Waals surface area contributed by atoms with E-state index in [1.54, 1.807) is 5.12 Å². The van der Waals surface area contributed by atoms with Crippen LogP contribution in [0.15, 0.2) is 42.1 Å². The number of rotatable bonds is 1. The summed E-state index contributed by atoms with van der Waals surface area (Å²) in [5, 5.41) is 3.65. The molecule has 0 fully saturated rings. The number of para-hydroxylation sites is 1. The molecule has 1 heterocycles. The second-order valence-electron chi connectivity index (χ2n) is 3.25. The zero-order chi connectivity index (χ0) is 9.26. The zero-order valence-electron chi connectivity index (χ0n) is 7.64. The highest BCUT2D eigenvalue weighted by Crippen LogP contribution is 2.20. The maximum absolute atomic E-state index is 5.78. The second-order valence-corrected chi connectivity index (χ2v) is 3.25. The Labute approximate surface area is 78.0 Å². The van der Waals surface area contributed by atoms with E-state index in [1.807, 2.05) is 41.5 Å². The van der Waals surface area contributed by atoms with Crippen molar-refractivity contribution in [1.29, 1.82) is 0 Å². The molecule has 0 saturated heterocycles. The van der Waals surface area contributed by atoms with Crippen LogP contribution in [0.3, 0.4) is 0 Å². The van der Waals surface area contributed by atoms with Gasteiger partial charge in [-0.05, 0) is 24.6 Å². The number of nitrogens with zero attached hydrogens (tertiary/aromatic N) is 2. The van der Waals surface area contributed by atoms with E-state index in [4.69, 9.17) is 5.84 Å². The minimum Gasteiger partial charge on any atom is -0.268 e. The van der Waals surface area contributed by atoms with Gasteiger partial charge in [0.15, 0.2) is 0 Å². The molecular formula is C10H13N3. The molecule has 0 spiro atoms. The van der Waals surface area contributed by atoms with Crippen LogP contribution in [0.1, 0.15) is 6.92 Å². The topological polar surface area (TPSA) is 32.5 Å². The predicted octanol–water partition coefficient (Wildman–Crippen LogP) is 1.50. The highest BCUT2D eigenvalue weighted by Gasteiger charge is 2.16. The molecule has 0 radical (unpaired) electrons. The first kappa shape index (κ1) is 8.13. The number of benzene rings is 1. The van der Waals surface area contributed by atoms with Crippen molar-refractivity contribution in [2.75, 3.05) is 11.6 Å². The fourth-order valence-electron chi connectivity index (χ4n) is 1.48. The Morgan fingerprint density at radius 2 is 1.92 bits per heavy atom. The Morgan fingerprint density at radius 1 is 1.23 bits per heavy atom. The lowest BCUT2D eigenvalue weighted by Gasteiger charge is -2.26. The molecule has 68 valence electrons. The van der Waals surface area contributed by atoms with Gasteiger partial charge < -0.3 is 0 Å². The molecule has 0 amide bonds. The van der Waals surface area contributed by atoms with Gasteiger partial charge >= 0.3 is 0 Å². The summed E-state index contributed by atoms with van der Waals surface area (Å²) < 4.78 is 0. The van der Waals surface area contributed by atoms with E-state index in [0.29, 0.717) is 0 Å². The maximum Gasteiger partial charge on any atom is 0.0636 e. The molecule has 1 aromatic rings. The first-order chi connectivity index (χ1) is 6.27. The Kier molecular flexibility index (Phi) is 1.94. The number of anilines is 1. The molecule has 13 heavy (non-hydrogen) atoms. The van der Waals surface area contributed by atoms with E-state index >= 15 is 0 Å². The van der Waals surface area contributed by atoms with E-state index in [9.17, 15) is 0 Å². The van der Waals surface area contributed by atoms with Crippen LogP contribution < -0.4 is 10.9 Å². The molecule has 2 rings (SSSR count). The fourth-order valence-corrected chi connectivity index (χ4v) is 1.48. The summed E-state index contributed by atoms with van der Waals surface area (Å²) in [5.74, 6) is 5.78. The Balaban J connectivity index is 2.21. The van der Waals surface area contributed by atoms with Crippen LogP contribution in [0.4, 0.5) is 5.69 Å². The van der Waals surface area contributed by atoms with Gasteiger partial charge in [-0.1, -0.05) is 18.2 Å². The molecule has 1 aliphatic rings. The molecule has 0 saturated carbocycles. The van der Waals surface area contributed by atoms with Gasteiger partial charge in [0, 0.05) is 6.20 Å². The molecule has 2 N–H and O–H groups in total. The summed E-state index contributed by atoms with van der Waals surface area (Å²) in [5.41, 5.74) is 2.39. The highest BCUT2D eigenvalue weighted by atomic mass is 15.8. The van der Waals surface area contributed by atoms with Crippen molar-refractivity contribution in [2.24, 2.45) is 5.84 Å². The monoisotopic (exact) mass is 175 g/mol. The van der Waals surface area contributed by atoms with E-state index in [1.165, 1.54) is 5.57 Å². The van der Waals surface area contributed by atoms with Crippen LogP contribution >= 0.6 is 0 Å². The number of nitrogens with two attached hydrogens (primary N) is 1. The van der Waals surface area contributed by atoms with Crippen molar-refractivity contribution >= 4 is 5.69 Å². The third-order valence-electron chi connectivity index (χ3n) is 2.08. The molecule has 0 unspecified atom stereocenters. The minimum atomic E-state index is 0.876. The van der Waals surface area contributed by atoms with Gasteiger partial charge in [0.1, 0.15) is 0 Å². The van der Waals surface area contributed by atoms with E-state index < -0.39 is 0 Å². The lowest BCUT2D eigenvalue weighted by atomic mass is 10.3. The SMILES string of the molecule is CC1=CN(N)N(c2ccccc2)C1. The second kappa shape index (κ2) is 3.11. The van der Waals surface area contributed by atoms with Gasteiger partial charge in [-0.2, -0.15) is 0 Å². The van der Waals surface area contributed by atoms with Gasteiger partial charge in [0.05, 0.1) is 12.2 Å². The van der Waals surface area contributed by atoms with E-state index in [2.05, 4.69) is 6.92 Å². The molecule has 1 aromatic carbocycles. The lowest BCUT2D eigenvalue weighted by molar-refractivity contribution is 0.393. The molecule has 0 bridgehead atoms. The van der Waals surface area contributed by atoms with Crippen molar-refractivity contribution in [3.05, 3.63) is 42.1 Å². The van der Waals surface area contributed by atoms with Crippen LogP contribution in [0.2, 0.25) is 0 Å². The van der Waals surface area contributed by atoms with Crippen molar-refractivity contribution in [3.8, 4) is 0 Å². The minimum absolute atomic E-state index is 0.876. The molecular weight excluding hydrogens is 162 g/mol. The lowest BCUT2D eigenvalue weighted by Crippen LogP contribution is -2.40. The smallest absolute Gasteiger partial charge is 0.0636 e. The van der Waals surface area contributed by atoms with Gasteiger partial charge in [-0.15, -0.1) is 0 Å². The van der Waals surface area contributed by atoms with Gasteiger partial charge in [-0.25, -0.2) is 11.0 Å². The van der Waals surface area contributed by atoms with Crippen LogP contribution in [-0.2, 0) is 0 Å². The Morgan fingerprint density at radius 3 is 2.46 bits per heavy atom. The normalized spacial score (nSPS) is 16.3. The van der Waals surface area contributed by atoms with Gasteiger partial charge in [0.25, 0.3) is 0 Å². The number of hydrazine groups is 2. The standard InChI is InChI=1S/C10H13N3/c1-9-7-12(13(11)8-9)10-5-3-2-4-6-10/h2-6,8H,7,11H2,1H3. The number of hydrogen-bond donors (Lipinski definition) is 1. The molecule has 0 atom stereocenters. The van der Waals surface area contributed by atoms with Crippen molar-refractivity contribution < 1.29 is 0 Å². The molecule has 3 heteroatoms. The van der Waals surface area contributed by atoms with Crippen molar-refractivity contribution in [1.82, 2.24) is 5.12 Å². The quantitative estimate of drug-likeness (QED) is 0.656. The summed E-state index contributed by atoms with van der Waals surface area (Å²) in [6.45, 7) is 2.95. The van der Waals surface area contributed by atoms with Gasteiger partial charge in [-0.3, -0.25) is 5.01 Å². The third kappa shape index (κ3) is 1.51. The van der Waals surface area contributed by atoms with Crippen molar-refractivity contribution in [2.45, 2.75) is 6.92 Å².